The SMILES string of the molecule is COCC(N)Cc1ncc(C)c(OC)c1C. The average molecular weight is 224 g/mol. The first-order valence-electron chi connectivity index (χ1n) is 5.33. The van der Waals surface area contributed by atoms with Gasteiger partial charge in [-0.05, 0) is 13.8 Å². The number of rotatable bonds is 5. The second-order valence-electron chi connectivity index (χ2n) is 3.97. The quantitative estimate of drug-likeness (QED) is 0.817. The normalized spacial score (nSPS) is 12.6. The first-order valence-corrected chi connectivity index (χ1v) is 5.33. The molecule has 16 heavy (non-hydrogen) atoms. The van der Waals surface area contributed by atoms with Crippen LogP contribution in [0.4, 0.5) is 0 Å². The molecule has 0 fully saturated rings. The van der Waals surface area contributed by atoms with Crippen LogP contribution in [0, 0.1) is 13.8 Å². The first kappa shape index (κ1) is 12.9. The number of aryl methyl sites for hydroxylation is 1. The fourth-order valence-corrected chi connectivity index (χ4v) is 1.80. The minimum absolute atomic E-state index is 0.0244. The zero-order valence-electron chi connectivity index (χ0n) is 10.4. The van der Waals surface area contributed by atoms with Gasteiger partial charge in [-0.2, -0.15) is 0 Å². The minimum atomic E-state index is -0.0244. The van der Waals surface area contributed by atoms with Crippen molar-refractivity contribution in [2.75, 3.05) is 20.8 Å². The molecule has 1 aromatic rings. The minimum Gasteiger partial charge on any atom is -0.496 e. The number of nitrogens with zero attached hydrogens (tertiary/aromatic N) is 1. The van der Waals surface area contributed by atoms with E-state index < -0.39 is 0 Å². The van der Waals surface area contributed by atoms with Crippen LogP contribution in [0.2, 0.25) is 0 Å². The average Bonchev–Trinajstić information content (AvgIpc) is 2.23. The molecule has 1 rings (SSSR count). The lowest BCUT2D eigenvalue weighted by Gasteiger charge is -2.15. The molecule has 4 heteroatoms. The van der Waals surface area contributed by atoms with Crippen molar-refractivity contribution in [1.29, 1.82) is 0 Å². The van der Waals surface area contributed by atoms with E-state index in [1.807, 2.05) is 20.0 Å². The van der Waals surface area contributed by atoms with E-state index >= 15 is 0 Å². The molecule has 1 unspecified atom stereocenters. The van der Waals surface area contributed by atoms with Gasteiger partial charge in [0.1, 0.15) is 5.75 Å². The number of pyridine rings is 1. The predicted molar refractivity (Wildman–Crippen MR) is 63.8 cm³/mol. The maximum absolute atomic E-state index is 5.91. The highest BCUT2D eigenvalue weighted by atomic mass is 16.5. The van der Waals surface area contributed by atoms with Crippen LogP contribution < -0.4 is 10.5 Å². The molecule has 0 amide bonds. The van der Waals surface area contributed by atoms with Crippen LogP contribution in [0.15, 0.2) is 6.20 Å². The molecule has 0 saturated heterocycles. The molecule has 0 aliphatic carbocycles. The van der Waals surface area contributed by atoms with Crippen molar-refractivity contribution >= 4 is 0 Å². The third kappa shape index (κ3) is 2.93. The number of methoxy groups -OCH3 is 2. The van der Waals surface area contributed by atoms with Crippen molar-refractivity contribution in [3.63, 3.8) is 0 Å². The molecule has 0 saturated carbocycles. The lowest BCUT2D eigenvalue weighted by atomic mass is 10.1. The monoisotopic (exact) mass is 224 g/mol. The summed E-state index contributed by atoms with van der Waals surface area (Å²) in [5.74, 6) is 0.898. The topological polar surface area (TPSA) is 57.4 Å². The van der Waals surface area contributed by atoms with Crippen LogP contribution in [0.25, 0.3) is 0 Å². The van der Waals surface area contributed by atoms with Gasteiger partial charge in [-0.1, -0.05) is 0 Å². The first-order chi connectivity index (χ1) is 7.60. The van der Waals surface area contributed by atoms with E-state index in [1.165, 1.54) is 0 Å². The highest BCUT2D eigenvalue weighted by Gasteiger charge is 2.12. The van der Waals surface area contributed by atoms with Crippen LogP contribution in [-0.4, -0.2) is 31.9 Å². The lowest BCUT2D eigenvalue weighted by molar-refractivity contribution is 0.179. The molecule has 90 valence electrons. The summed E-state index contributed by atoms with van der Waals surface area (Å²) in [4.78, 5) is 4.39. The Balaban J connectivity index is 2.89. The number of nitrogens with two attached hydrogens (primary N) is 1. The van der Waals surface area contributed by atoms with Crippen molar-refractivity contribution in [3.8, 4) is 5.75 Å². The Morgan fingerprint density at radius 1 is 1.38 bits per heavy atom. The molecule has 0 bridgehead atoms. The Labute approximate surface area is 96.8 Å². The van der Waals surface area contributed by atoms with E-state index in [2.05, 4.69) is 4.98 Å². The fraction of sp³-hybridized carbons (Fsp3) is 0.583. The van der Waals surface area contributed by atoms with Crippen LogP contribution in [0.3, 0.4) is 0 Å². The molecule has 0 aliphatic rings. The summed E-state index contributed by atoms with van der Waals surface area (Å²) < 4.78 is 10.4. The summed E-state index contributed by atoms with van der Waals surface area (Å²) in [5, 5.41) is 0. The zero-order chi connectivity index (χ0) is 12.1. The fourth-order valence-electron chi connectivity index (χ4n) is 1.80. The van der Waals surface area contributed by atoms with Gasteiger partial charge >= 0.3 is 0 Å². The van der Waals surface area contributed by atoms with E-state index in [4.69, 9.17) is 15.2 Å². The van der Waals surface area contributed by atoms with Crippen molar-refractivity contribution in [2.24, 2.45) is 5.73 Å². The van der Waals surface area contributed by atoms with Crippen LogP contribution in [0.1, 0.15) is 16.8 Å². The third-order valence-electron chi connectivity index (χ3n) is 2.59. The number of hydrogen-bond acceptors (Lipinski definition) is 4. The maximum Gasteiger partial charge on any atom is 0.128 e. The van der Waals surface area contributed by atoms with Gasteiger partial charge in [-0.25, -0.2) is 0 Å². The maximum atomic E-state index is 5.91. The van der Waals surface area contributed by atoms with E-state index in [-0.39, 0.29) is 6.04 Å². The highest BCUT2D eigenvalue weighted by molar-refractivity contribution is 5.41. The second-order valence-corrected chi connectivity index (χ2v) is 3.97. The van der Waals surface area contributed by atoms with Crippen molar-refractivity contribution < 1.29 is 9.47 Å². The summed E-state index contributed by atoms with van der Waals surface area (Å²) in [6.07, 6.45) is 2.52. The van der Waals surface area contributed by atoms with Crippen LogP contribution >= 0.6 is 0 Å². The number of ether oxygens (including phenoxy) is 2. The predicted octanol–water partition coefficient (Wildman–Crippen LogP) is 1.22. The summed E-state index contributed by atoms with van der Waals surface area (Å²) in [6.45, 7) is 4.53. The van der Waals surface area contributed by atoms with E-state index in [0.29, 0.717) is 13.0 Å². The summed E-state index contributed by atoms with van der Waals surface area (Å²) in [5.41, 5.74) is 9.00. The molecule has 1 heterocycles. The van der Waals surface area contributed by atoms with E-state index in [0.717, 1.165) is 22.6 Å². The Hall–Kier alpha value is -1.13. The largest absolute Gasteiger partial charge is 0.496 e. The molecule has 1 atom stereocenters. The Kier molecular flexibility index (Phi) is 4.71. The molecular formula is C12H20N2O2. The Morgan fingerprint density at radius 2 is 2.06 bits per heavy atom. The van der Waals surface area contributed by atoms with Gasteiger partial charge < -0.3 is 15.2 Å². The van der Waals surface area contributed by atoms with Gasteiger partial charge in [0.25, 0.3) is 0 Å². The molecule has 1 aromatic heterocycles. The Bertz CT molecular complexity index is 353. The molecule has 0 aliphatic heterocycles. The van der Waals surface area contributed by atoms with Crippen LogP contribution in [-0.2, 0) is 11.2 Å². The van der Waals surface area contributed by atoms with Gasteiger partial charge in [0, 0.05) is 42.6 Å². The van der Waals surface area contributed by atoms with Gasteiger partial charge in [-0.15, -0.1) is 0 Å². The molecule has 0 aromatic carbocycles. The summed E-state index contributed by atoms with van der Waals surface area (Å²) in [6, 6.07) is -0.0244. The molecule has 0 radical (unpaired) electrons. The molecule has 2 N–H and O–H groups in total. The second kappa shape index (κ2) is 5.82. The standard InChI is InChI=1S/C12H20N2O2/c1-8-6-14-11(5-10(13)7-15-3)9(2)12(8)16-4/h6,10H,5,7,13H2,1-4H3. The van der Waals surface area contributed by atoms with Crippen molar-refractivity contribution in [3.05, 3.63) is 23.0 Å². The Morgan fingerprint density at radius 3 is 2.62 bits per heavy atom. The van der Waals surface area contributed by atoms with Gasteiger partial charge in [0.15, 0.2) is 0 Å². The number of aromatic nitrogens is 1. The van der Waals surface area contributed by atoms with Crippen molar-refractivity contribution in [2.45, 2.75) is 26.3 Å². The lowest BCUT2D eigenvalue weighted by Crippen LogP contribution is -2.28. The van der Waals surface area contributed by atoms with Crippen LogP contribution in [0.5, 0.6) is 5.75 Å². The third-order valence-corrected chi connectivity index (χ3v) is 2.59. The molecule has 4 nitrogen and oxygen atoms in total. The van der Waals surface area contributed by atoms with E-state index in [9.17, 15) is 0 Å². The molecular weight excluding hydrogens is 204 g/mol. The smallest absolute Gasteiger partial charge is 0.128 e. The van der Waals surface area contributed by atoms with E-state index in [1.54, 1.807) is 14.2 Å². The van der Waals surface area contributed by atoms with Gasteiger partial charge in [-0.3, -0.25) is 4.98 Å². The highest BCUT2D eigenvalue weighted by Crippen LogP contribution is 2.24. The summed E-state index contributed by atoms with van der Waals surface area (Å²) >= 11 is 0. The van der Waals surface area contributed by atoms with Gasteiger partial charge in [0.2, 0.25) is 0 Å². The zero-order valence-corrected chi connectivity index (χ0v) is 10.4. The van der Waals surface area contributed by atoms with Crippen molar-refractivity contribution in [1.82, 2.24) is 4.98 Å². The summed E-state index contributed by atoms with van der Waals surface area (Å²) in [7, 11) is 3.32. The van der Waals surface area contributed by atoms with Gasteiger partial charge in [0.05, 0.1) is 13.7 Å². The molecule has 0 spiro atoms. The number of hydrogen-bond donors (Lipinski definition) is 1.